The number of fused-ring (bicyclic) bond motifs is 7. The smallest absolute Gasteiger partial charge is 0.135 e. The first-order valence-electron chi connectivity index (χ1n) is 21.2. The molecule has 0 N–H and O–H groups in total. The van der Waals surface area contributed by atoms with Crippen molar-refractivity contribution >= 4 is 71.3 Å². The van der Waals surface area contributed by atoms with Crippen LogP contribution in [0.25, 0.3) is 98.8 Å². The lowest BCUT2D eigenvalue weighted by atomic mass is 9.87. The van der Waals surface area contributed by atoms with E-state index in [0.29, 0.717) is 0 Å². The Hall–Kier alpha value is -8.20. The zero-order chi connectivity index (χ0) is 41.0. The number of hydrogen-bond donors (Lipinski definition) is 0. The van der Waals surface area contributed by atoms with E-state index in [2.05, 4.69) is 235 Å². The van der Waals surface area contributed by atoms with Crippen molar-refractivity contribution < 1.29 is 4.42 Å². The SMILES string of the molecule is c1ccc(-c2ccc(N(c3ccc(-c4cccc5ccccc45)cc3)c3cccc(-c4ccc5oc6ccccc6c5c4)c3-c3cc4ccccc4c4ccccc34)cc2)cc1. The average molecular weight is 790 g/mol. The van der Waals surface area contributed by atoms with Crippen LogP contribution in [0, 0.1) is 0 Å². The fourth-order valence-electron chi connectivity index (χ4n) is 9.53. The van der Waals surface area contributed by atoms with Crippen molar-refractivity contribution in [2.75, 3.05) is 4.90 Å². The monoisotopic (exact) mass is 789 g/mol. The van der Waals surface area contributed by atoms with Crippen LogP contribution >= 0.6 is 0 Å². The van der Waals surface area contributed by atoms with Gasteiger partial charge >= 0.3 is 0 Å². The fourth-order valence-corrected chi connectivity index (χ4v) is 9.53. The highest BCUT2D eigenvalue weighted by Crippen LogP contribution is 2.49. The lowest BCUT2D eigenvalue weighted by molar-refractivity contribution is 0.669. The molecule has 0 saturated carbocycles. The minimum atomic E-state index is 0.884. The van der Waals surface area contributed by atoms with Gasteiger partial charge in [-0.05, 0) is 126 Å². The van der Waals surface area contributed by atoms with Crippen LogP contribution in [-0.2, 0) is 0 Å². The van der Waals surface area contributed by atoms with Gasteiger partial charge in [0.05, 0.1) is 5.69 Å². The molecule has 0 radical (unpaired) electrons. The van der Waals surface area contributed by atoms with E-state index in [1.165, 1.54) is 60.1 Å². The minimum absolute atomic E-state index is 0.884. The topological polar surface area (TPSA) is 16.4 Å². The van der Waals surface area contributed by atoms with E-state index in [1.54, 1.807) is 0 Å². The number of para-hydroxylation sites is 1. The summed E-state index contributed by atoms with van der Waals surface area (Å²) in [5.41, 5.74) is 14.4. The molecule has 2 nitrogen and oxygen atoms in total. The van der Waals surface area contributed by atoms with Crippen LogP contribution in [0.4, 0.5) is 17.1 Å². The van der Waals surface area contributed by atoms with Crippen LogP contribution in [0.2, 0.25) is 0 Å². The molecule has 11 aromatic carbocycles. The maximum atomic E-state index is 6.34. The number of hydrogen-bond acceptors (Lipinski definition) is 2. The summed E-state index contributed by atoms with van der Waals surface area (Å²) in [6.45, 7) is 0. The zero-order valence-electron chi connectivity index (χ0n) is 33.9. The molecule has 2 heteroatoms. The van der Waals surface area contributed by atoms with Gasteiger partial charge in [-0.1, -0.05) is 182 Å². The predicted octanol–water partition coefficient (Wildman–Crippen LogP) is 17.2. The molecule has 0 spiro atoms. The van der Waals surface area contributed by atoms with Gasteiger partial charge in [-0.25, -0.2) is 0 Å². The largest absolute Gasteiger partial charge is 0.456 e. The van der Waals surface area contributed by atoms with E-state index in [4.69, 9.17) is 4.42 Å². The van der Waals surface area contributed by atoms with E-state index in [0.717, 1.165) is 55.7 Å². The van der Waals surface area contributed by atoms with Crippen molar-refractivity contribution in [3.63, 3.8) is 0 Å². The lowest BCUT2D eigenvalue weighted by Crippen LogP contribution is -2.12. The number of rotatable bonds is 7. The molecule has 290 valence electrons. The molecule has 0 fully saturated rings. The van der Waals surface area contributed by atoms with Gasteiger partial charge in [0, 0.05) is 27.7 Å². The lowest BCUT2D eigenvalue weighted by Gasteiger charge is -2.30. The predicted molar refractivity (Wildman–Crippen MR) is 263 cm³/mol. The number of anilines is 3. The van der Waals surface area contributed by atoms with Crippen LogP contribution in [-0.4, -0.2) is 0 Å². The second-order valence-corrected chi connectivity index (χ2v) is 16.0. The Morgan fingerprint density at radius 3 is 1.61 bits per heavy atom. The number of benzene rings is 11. The molecular formula is C60H39NO. The Balaban J connectivity index is 1.13. The maximum absolute atomic E-state index is 6.34. The molecule has 0 bridgehead atoms. The molecule has 0 unspecified atom stereocenters. The first kappa shape index (κ1) is 35.7. The van der Waals surface area contributed by atoms with Crippen LogP contribution in [0.3, 0.4) is 0 Å². The van der Waals surface area contributed by atoms with Gasteiger partial charge in [-0.3, -0.25) is 0 Å². The summed E-state index contributed by atoms with van der Waals surface area (Å²) >= 11 is 0. The highest BCUT2D eigenvalue weighted by atomic mass is 16.3. The summed E-state index contributed by atoms with van der Waals surface area (Å²) in [6, 6.07) is 85.7. The van der Waals surface area contributed by atoms with Gasteiger partial charge in [0.1, 0.15) is 11.2 Å². The van der Waals surface area contributed by atoms with E-state index >= 15 is 0 Å². The third-order valence-corrected chi connectivity index (χ3v) is 12.5. The molecule has 0 aliphatic carbocycles. The highest BCUT2D eigenvalue weighted by molar-refractivity contribution is 6.17. The number of nitrogens with zero attached hydrogens (tertiary/aromatic N) is 1. The Labute approximate surface area is 360 Å². The molecule has 12 rings (SSSR count). The maximum Gasteiger partial charge on any atom is 0.135 e. The molecule has 1 heterocycles. The van der Waals surface area contributed by atoms with Crippen molar-refractivity contribution in [3.05, 3.63) is 237 Å². The van der Waals surface area contributed by atoms with Gasteiger partial charge in [-0.2, -0.15) is 0 Å². The summed E-state index contributed by atoms with van der Waals surface area (Å²) in [5.74, 6) is 0. The Morgan fingerprint density at radius 2 is 0.823 bits per heavy atom. The van der Waals surface area contributed by atoms with Gasteiger partial charge in [0.2, 0.25) is 0 Å². The zero-order valence-corrected chi connectivity index (χ0v) is 33.9. The van der Waals surface area contributed by atoms with Crippen molar-refractivity contribution in [1.82, 2.24) is 0 Å². The molecule has 62 heavy (non-hydrogen) atoms. The third-order valence-electron chi connectivity index (χ3n) is 12.5. The molecule has 0 aliphatic rings. The standard InChI is InChI=1S/C60H39NO/c1-2-14-40(15-3-1)41-28-33-46(34-29-41)61(47-35-30-43(31-36-47)49-24-12-18-42-16-4-6-19-48(42)49)57-26-13-25-51(45-32-37-59-55(38-45)54-23-10-11-27-58(54)62-59)60(57)56-39-44-17-5-7-20-50(44)52-21-8-9-22-53(52)56/h1-39H. The van der Waals surface area contributed by atoms with Crippen LogP contribution in [0.1, 0.15) is 0 Å². The molecular weight excluding hydrogens is 751 g/mol. The van der Waals surface area contributed by atoms with Crippen LogP contribution in [0.5, 0.6) is 0 Å². The van der Waals surface area contributed by atoms with Crippen molar-refractivity contribution in [2.24, 2.45) is 0 Å². The Kier molecular flexibility index (Phi) is 8.53. The Bertz CT molecular complexity index is 3610. The summed E-state index contributed by atoms with van der Waals surface area (Å²) in [4.78, 5) is 2.44. The normalized spacial score (nSPS) is 11.5. The fraction of sp³-hybridized carbons (Fsp3) is 0. The summed E-state index contributed by atoms with van der Waals surface area (Å²) in [5, 5.41) is 9.60. The van der Waals surface area contributed by atoms with Gasteiger partial charge in [0.25, 0.3) is 0 Å². The quantitative estimate of drug-likeness (QED) is 0.150. The summed E-state index contributed by atoms with van der Waals surface area (Å²) in [6.07, 6.45) is 0. The molecule has 0 aliphatic heterocycles. The molecule has 0 amide bonds. The van der Waals surface area contributed by atoms with E-state index in [-0.39, 0.29) is 0 Å². The minimum Gasteiger partial charge on any atom is -0.456 e. The first-order valence-corrected chi connectivity index (χ1v) is 21.2. The van der Waals surface area contributed by atoms with Crippen molar-refractivity contribution in [1.29, 1.82) is 0 Å². The summed E-state index contributed by atoms with van der Waals surface area (Å²) in [7, 11) is 0. The van der Waals surface area contributed by atoms with E-state index < -0.39 is 0 Å². The van der Waals surface area contributed by atoms with Crippen LogP contribution in [0.15, 0.2) is 241 Å². The van der Waals surface area contributed by atoms with Crippen molar-refractivity contribution in [2.45, 2.75) is 0 Å². The van der Waals surface area contributed by atoms with Gasteiger partial charge < -0.3 is 9.32 Å². The second kappa shape index (κ2) is 14.8. The Morgan fingerprint density at radius 1 is 0.274 bits per heavy atom. The molecule has 12 aromatic rings. The van der Waals surface area contributed by atoms with E-state index in [9.17, 15) is 0 Å². The van der Waals surface area contributed by atoms with E-state index in [1.807, 2.05) is 6.07 Å². The summed E-state index contributed by atoms with van der Waals surface area (Å²) < 4.78 is 6.34. The molecule has 0 saturated heterocycles. The van der Waals surface area contributed by atoms with Crippen molar-refractivity contribution in [3.8, 4) is 44.5 Å². The van der Waals surface area contributed by atoms with Gasteiger partial charge in [-0.15, -0.1) is 0 Å². The second-order valence-electron chi connectivity index (χ2n) is 16.0. The third kappa shape index (κ3) is 6.04. The van der Waals surface area contributed by atoms with Gasteiger partial charge in [0.15, 0.2) is 0 Å². The molecule has 1 aromatic heterocycles. The first-order chi connectivity index (χ1) is 30.7. The molecule has 0 atom stereocenters. The highest BCUT2D eigenvalue weighted by Gasteiger charge is 2.24. The average Bonchev–Trinajstić information content (AvgIpc) is 3.72. The number of furan rings is 1. The van der Waals surface area contributed by atoms with Crippen LogP contribution < -0.4 is 4.90 Å².